The summed E-state index contributed by atoms with van der Waals surface area (Å²) in [5.74, 6) is 2.19. The minimum atomic E-state index is 0.404. The highest BCUT2D eigenvalue weighted by Gasteiger charge is 2.47. The summed E-state index contributed by atoms with van der Waals surface area (Å²) < 4.78 is 13.3. The van der Waals surface area contributed by atoms with E-state index in [1.54, 1.807) is 0 Å². The standard InChI is InChI=1S/C23H32N8O2/c1-4-15-8-7-9-19(25-15)26-22-21-20(27-23(28-22)30-13-16-18(30)12-24-16)17(14-33-6-3)29-31(21)10-11-32-5-2/h7-9,16,18,24H,4-6,10-14H2,1-3H3,(H,25,26,27,28)/t16?,18-/m1/s1. The Morgan fingerprint density at radius 3 is 2.70 bits per heavy atom. The summed E-state index contributed by atoms with van der Waals surface area (Å²) in [4.78, 5) is 16.9. The number of nitrogens with zero attached hydrogens (tertiary/aromatic N) is 6. The molecule has 33 heavy (non-hydrogen) atoms. The van der Waals surface area contributed by atoms with Gasteiger partial charge in [0.15, 0.2) is 5.82 Å². The topological polar surface area (TPSA) is 102 Å². The first-order valence-corrected chi connectivity index (χ1v) is 11.9. The lowest BCUT2D eigenvalue weighted by molar-refractivity contribution is 0.128. The second-order valence-corrected chi connectivity index (χ2v) is 8.30. The average molecular weight is 453 g/mol. The van der Waals surface area contributed by atoms with Crippen LogP contribution in [0.15, 0.2) is 18.2 Å². The maximum absolute atomic E-state index is 5.72. The first-order chi connectivity index (χ1) is 16.2. The average Bonchev–Trinajstić information content (AvgIpc) is 3.17. The third kappa shape index (κ3) is 4.25. The van der Waals surface area contributed by atoms with Crippen molar-refractivity contribution in [2.75, 3.05) is 43.1 Å². The Morgan fingerprint density at radius 1 is 1.12 bits per heavy atom. The molecule has 0 radical (unpaired) electrons. The molecule has 0 saturated carbocycles. The number of rotatable bonds is 11. The van der Waals surface area contributed by atoms with Gasteiger partial charge >= 0.3 is 0 Å². The molecule has 0 aliphatic carbocycles. The molecule has 0 aromatic carbocycles. The Bertz CT molecular complexity index is 1120. The summed E-state index contributed by atoms with van der Waals surface area (Å²) in [6, 6.07) is 7.01. The molecule has 2 N–H and O–H groups in total. The second kappa shape index (κ2) is 9.58. The van der Waals surface area contributed by atoms with Crippen molar-refractivity contribution < 1.29 is 9.47 Å². The van der Waals surface area contributed by atoms with Gasteiger partial charge in [-0.2, -0.15) is 10.1 Å². The summed E-state index contributed by atoms with van der Waals surface area (Å²) in [6.07, 6.45) is 0.870. The third-order valence-corrected chi connectivity index (χ3v) is 6.26. The van der Waals surface area contributed by atoms with Crippen molar-refractivity contribution in [2.45, 2.75) is 52.4 Å². The summed E-state index contributed by atoms with van der Waals surface area (Å²) >= 11 is 0. The van der Waals surface area contributed by atoms with E-state index in [9.17, 15) is 0 Å². The Morgan fingerprint density at radius 2 is 2.00 bits per heavy atom. The molecule has 0 bridgehead atoms. The first-order valence-electron chi connectivity index (χ1n) is 11.9. The fourth-order valence-electron chi connectivity index (χ4n) is 4.31. The van der Waals surface area contributed by atoms with Gasteiger partial charge in [-0.05, 0) is 32.4 Å². The van der Waals surface area contributed by atoms with E-state index in [0.29, 0.717) is 50.9 Å². The predicted molar refractivity (Wildman–Crippen MR) is 127 cm³/mol. The van der Waals surface area contributed by atoms with E-state index in [1.165, 1.54) is 0 Å². The number of piperazine rings is 1. The molecular formula is C23H32N8O2. The lowest BCUT2D eigenvalue weighted by Crippen LogP contribution is -2.78. The molecule has 2 saturated heterocycles. The lowest BCUT2D eigenvalue weighted by atomic mass is 9.89. The molecule has 3 aromatic heterocycles. The zero-order valence-corrected chi connectivity index (χ0v) is 19.5. The van der Waals surface area contributed by atoms with Crippen LogP contribution in [0.3, 0.4) is 0 Å². The van der Waals surface area contributed by atoms with Gasteiger partial charge in [0.1, 0.15) is 22.5 Å². The van der Waals surface area contributed by atoms with Crippen LogP contribution in [0.2, 0.25) is 0 Å². The molecule has 3 aromatic rings. The smallest absolute Gasteiger partial charge is 0.228 e. The normalized spacial score (nSPS) is 19.3. The maximum atomic E-state index is 5.72. The molecule has 2 fully saturated rings. The van der Waals surface area contributed by atoms with Crippen molar-refractivity contribution in [3.63, 3.8) is 0 Å². The Hall–Kier alpha value is -2.82. The van der Waals surface area contributed by atoms with Crippen molar-refractivity contribution >= 4 is 28.6 Å². The van der Waals surface area contributed by atoms with Crippen LogP contribution < -0.4 is 15.5 Å². The number of pyridine rings is 1. The minimum Gasteiger partial charge on any atom is -0.380 e. The van der Waals surface area contributed by atoms with E-state index in [-0.39, 0.29) is 0 Å². The first kappa shape index (κ1) is 22.0. The van der Waals surface area contributed by atoms with Crippen LogP contribution in [-0.4, -0.2) is 69.7 Å². The third-order valence-electron chi connectivity index (χ3n) is 6.26. The van der Waals surface area contributed by atoms with Gasteiger partial charge in [0.25, 0.3) is 0 Å². The van der Waals surface area contributed by atoms with Gasteiger partial charge in [-0.1, -0.05) is 13.0 Å². The van der Waals surface area contributed by atoms with Crippen LogP contribution in [0.25, 0.3) is 11.0 Å². The summed E-state index contributed by atoms with van der Waals surface area (Å²) in [5, 5.41) is 11.8. The molecule has 10 heteroatoms. The van der Waals surface area contributed by atoms with Gasteiger partial charge in [0.2, 0.25) is 5.95 Å². The summed E-state index contributed by atoms with van der Waals surface area (Å²) in [6.45, 7) is 10.8. The SMILES string of the molecule is CCOCCn1nc(COCC)c2nc(N3CC4NC[C@H]43)nc(Nc3cccc(CC)n3)c21. The van der Waals surface area contributed by atoms with E-state index in [4.69, 9.17) is 29.5 Å². The molecule has 2 aliphatic heterocycles. The fraction of sp³-hybridized carbons (Fsp3) is 0.565. The molecule has 2 aliphatic rings. The van der Waals surface area contributed by atoms with Crippen LogP contribution in [-0.2, 0) is 29.0 Å². The Labute approximate surface area is 193 Å². The molecule has 5 rings (SSSR count). The van der Waals surface area contributed by atoms with E-state index >= 15 is 0 Å². The quantitative estimate of drug-likeness (QED) is 0.424. The minimum absolute atomic E-state index is 0.404. The molecule has 176 valence electrons. The number of anilines is 3. The molecule has 10 nitrogen and oxygen atoms in total. The van der Waals surface area contributed by atoms with Gasteiger partial charge < -0.3 is 25.0 Å². The molecule has 0 spiro atoms. The lowest BCUT2D eigenvalue weighted by Gasteiger charge is -2.56. The predicted octanol–water partition coefficient (Wildman–Crippen LogP) is 2.26. The summed E-state index contributed by atoms with van der Waals surface area (Å²) in [7, 11) is 0. The van der Waals surface area contributed by atoms with Crippen molar-refractivity contribution in [1.82, 2.24) is 30.0 Å². The number of hydrogen-bond acceptors (Lipinski definition) is 9. The Kier molecular flexibility index (Phi) is 6.39. The number of aryl methyl sites for hydroxylation is 1. The highest BCUT2D eigenvalue weighted by atomic mass is 16.5. The van der Waals surface area contributed by atoms with E-state index in [1.807, 2.05) is 36.7 Å². The van der Waals surface area contributed by atoms with Crippen molar-refractivity contribution in [1.29, 1.82) is 0 Å². The van der Waals surface area contributed by atoms with Crippen molar-refractivity contribution in [3.05, 3.63) is 29.6 Å². The van der Waals surface area contributed by atoms with Gasteiger partial charge in [0.05, 0.1) is 25.8 Å². The highest BCUT2D eigenvalue weighted by Crippen LogP contribution is 2.34. The Balaban J connectivity index is 1.59. The van der Waals surface area contributed by atoms with Crippen molar-refractivity contribution in [3.8, 4) is 0 Å². The number of aromatic nitrogens is 5. The largest absolute Gasteiger partial charge is 0.380 e. The van der Waals surface area contributed by atoms with E-state index in [2.05, 4.69) is 22.5 Å². The van der Waals surface area contributed by atoms with Gasteiger partial charge in [-0.25, -0.2) is 9.97 Å². The van der Waals surface area contributed by atoms with Gasteiger partial charge in [-0.15, -0.1) is 0 Å². The van der Waals surface area contributed by atoms with Gasteiger partial charge in [0, 0.05) is 38.0 Å². The number of hydrogen-bond donors (Lipinski definition) is 2. The van der Waals surface area contributed by atoms with Crippen LogP contribution in [0, 0.1) is 0 Å². The van der Waals surface area contributed by atoms with Crippen LogP contribution >= 0.6 is 0 Å². The highest BCUT2D eigenvalue weighted by molar-refractivity contribution is 5.90. The number of fused-ring (bicyclic) bond motifs is 2. The second-order valence-electron chi connectivity index (χ2n) is 8.30. The molecule has 5 heterocycles. The zero-order valence-electron chi connectivity index (χ0n) is 19.5. The molecule has 2 atom stereocenters. The fourth-order valence-corrected chi connectivity index (χ4v) is 4.31. The molecule has 0 amide bonds. The molecular weight excluding hydrogens is 420 g/mol. The number of nitrogens with one attached hydrogen (secondary N) is 2. The van der Waals surface area contributed by atoms with Crippen LogP contribution in [0.1, 0.15) is 32.2 Å². The molecule has 1 unspecified atom stereocenters. The van der Waals surface area contributed by atoms with E-state index < -0.39 is 0 Å². The zero-order chi connectivity index (χ0) is 22.8. The van der Waals surface area contributed by atoms with Crippen LogP contribution in [0.4, 0.5) is 17.6 Å². The van der Waals surface area contributed by atoms with E-state index in [0.717, 1.165) is 53.7 Å². The maximum Gasteiger partial charge on any atom is 0.228 e. The number of ether oxygens (including phenoxy) is 2. The van der Waals surface area contributed by atoms with Crippen LogP contribution in [0.5, 0.6) is 0 Å². The van der Waals surface area contributed by atoms with Crippen molar-refractivity contribution in [2.24, 2.45) is 0 Å². The summed E-state index contributed by atoms with van der Waals surface area (Å²) in [5.41, 5.74) is 3.50. The van der Waals surface area contributed by atoms with Gasteiger partial charge in [-0.3, -0.25) is 4.68 Å². The monoisotopic (exact) mass is 452 g/mol.